The SMILES string of the molecule is Cc1cc(F)c(O)c(CCN)c1. The number of nitrogens with two attached hydrogens (primary N) is 1. The lowest BCUT2D eigenvalue weighted by atomic mass is 10.1. The minimum atomic E-state index is -0.571. The first-order valence-electron chi connectivity index (χ1n) is 3.83. The molecule has 3 heteroatoms. The number of benzene rings is 1. The average Bonchev–Trinajstić information content (AvgIpc) is 2.00. The Balaban J connectivity index is 3.09. The first-order valence-corrected chi connectivity index (χ1v) is 3.83. The second-order valence-electron chi connectivity index (χ2n) is 2.79. The zero-order valence-corrected chi connectivity index (χ0v) is 6.97. The van der Waals surface area contributed by atoms with Crippen molar-refractivity contribution in [2.45, 2.75) is 13.3 Å². The van der Waals surface area contributed by atoms with E-state index in [0.717, 1.165) is 5.56 Å². The maximum absolute atomic E-state index is 12.9. The first kappa shape index (κ1) is 9.00. The van der Waals surface area contributed by atoms with Gasteiger partial charge in [-0.1, -0.05) is 6.07 Å². The molecule has 0 aliphatic heterocycles. The van der Waals surface area contributed by atoms with Crippen LogP contribution in [0.3, 0.4) is 0 Å². The van der Waals surface area contributed by atoms with Gasteiger partial charge in [0.05, 0.1) is 0 Å². The summed E-state index contributed by atoms with van der Waals surface area (Å²) < 4.78 is 12.9. The van der Waals surface area contributed by atoms with Gasteiger partial charge in [0.15, 0.2) is 11.6 Å². The van der Waals surface area contributed by atoms with E-state index < -0.39 is 5.82 Å². The van der Waals surface area contributed by atoms with Gasteiger partial charge in [0.25, 0.3) is 0 Å². The zero-order valence-electron chi connectivity index (χ0n) is 6.97. The second-order valence-corrected chi connectivity index (χ2v) is 2.79. The number of phenolic OH excluding ortho intramolecular Hbond substituents is 1. The molecule has 0 saturated heterocycles. The van der Waals surface area contributed by atoms with Crippen molar-refractivity contribution >= 4 is 0 Å². The van der Waals surface area contributed by atoms with E-state index in [0.29, 0.717) is 18.5 Å². The number of aromatic hydroxyl groups is 1. The lowest BCUT2D eigenvalue weighted by Crippen LogP contribution is -2.03. The minimum Gasteiger partial charge on any atom is -0.505 e. The average molecular weight is 169 g/mol. The fraction of sp³-hybridized carbons (Fsp3) is 0.333. The van der Waals surface area contributed by atoms with Gasteiger partial charge in [-0.3, -0.25) is 0 Å². The van der Waals surface area contributed by atoms with Gasteiger partial charge >= 0.3 is 0 Å². The topological polar surface area (TPSA) is 46.2 Å². The van der Waals surface area contributed by atoms with Crippen molar-refractivity contribution in [1.29, 1.82) is 0 Å². The Hall–Kier alpha value is -1.09. The summed E-state index contributed by atoms with van der Waals surface area (Å²) in [7, 11) is 0. The maximum atomic E-state index is 12.9. The van der Waals surface area contributed by atoms with Gasteiger partial charge in [0.1, 0.15) is 0 Å². The van der Waals surface area contributed by atoms with E-state index in [1.54, 1.807) is 13.0 Å². The Morgan fingerprint density at radius 2 is 2.17 bits per heavy atom. The summed E-state index contributed by atoms with van der Waals surface area (Å²) in [5.41, 5.74) is 6.67. The molecule has 0 radical (unpaired) electrons. The van der Waals surface area contributed by atoms with Gasteiger partial charge in [0, 0.05) is 0 Å². The highest BCUT2D eigenvalue weighted by Crippen LogP contribution is 2.22. The molecule has 0 aromatic heterocycles. The molecule has 12 heavy (non-hydrogen) atoms. The Kier molecular flexibility index (Phi) is 2.65. The van der Waals surface area contributed by atoms with Crippen LogP contribution in [0.1, 0.15) is 11.1 Å². The van der Waals surface area contributed by atoms with E-state index in [2.05, 4.69) is 0 Å². The number of phenols is 1. The maximum Gasteiger partial charge on any atom is 0.165 e. The molecule has 66 valence electrons. The van der Waals surface area contributed by atoms with Gasteiger partial charge in [-0.05, 0) is 37.1 Å². The number of rotatable bonds is 2. The number of aryl methyl sites for hydroxylation is 1. The molecule has 1 aromatic carbocycles. The van der Waals surface area contributed by atoms with Crippen molar-refractivity contribution in [3.63, 3.8) is 0 Å². The highest BCUT2D eigenvalue weighted by molar-refractivity contribution is 5.37. The molecule has 0 aliphatic rings. The van der Waals surface area contributed by atoms with Crippen molar-refractivity contribution in [3.8, 4) is 5.75 Å². The number of hydrogen-bond donors (Lipinski definition) is 2. The highest BCUT2D eigenvalue weighted by atomic mass is 19.1. The molecule has 1 aromatic rings. The van der Waals surface area contributed by atoms with E-state index in [9.17, 15) is 9.50 Å². The van der Waals surface area contributed by atoms with Gasteiger partial charge < -0.3 is 10.8 Å². The van der Waals surface area contributed by atoms with Crippen molar-refractivity contribution in [2.75, 3.05) is 6.54 Å². The molecule has 0 spiro atoms. The van der Waals surface area contributed by atoms with Crippen LogP contribution in [-0.2, 0) is 6.42 Å². The van der Waals surface area contributed by atoms with Crippen LogP contribution in [-0.4, -0.2) is 11.7 Å². The lowest BCUT2D eigenvalue weighted by molar-refractivity contribution is 0.425. The predicted octanol–water partition coefficient (Wildman–Crippen LogP) is 1.34. The molecule has 0 aliphatic carbocycles. The molecule has 0 saturated carbocycles. The number of hydrogen-bond acceptors (Lipinski definition) is 2. The molecule has 0 heterocycles. The Labute approximate surface area is 70.8 Å². The van der Waals surface area contributed by atoms with Crippen LogP contribution in [0.2, 0.25) is 0 Å². The summed E-state index contributed by atoms with van der Waals surface area (Å²) in [6.45, 7) is 2.19. The Bertz CT molecular complexity index is 286. The van der Waals surface area contributed by atoms with Crippen LogP contribution in [0.5, 0.6) is 5.75 Å². The zero-order chi connectivity index (χ0) is 9.14. The highest BCUT2D eigenvalue weighted by Gasteiger charge is 2.06. The van der Waals surface area contributed by atoms with Gasteiger partial charge in [-0.2, -0.15) is 0 Å². The standard InChI is InChI=1S/C9H12FNO/c1-6-4-7(2-3-11)9(12)8(10)5-6/h4-5,12H,2-3,11H2,1H3. The van der Waals surface area contributed by atoms with E-state index in [1.807, 2.05) is 0 Å². The third-order valence-corrected chi connectivity index (χ3v) is 1.70. The number of halogens is 1. The molecule has 0 fully saturated rings. The summed E-state index contributed by atoms with van der Waals surface area (Å²) in [5.74, 6) is -0.843. The summed E-state index contributed by atoms with van der Waals surface area (Å²) in [4.78, 5) is 0. The summed E-state index contributed by atoms with van der Waals surface area (Å²) >= 11 is 0. The molecular weight excluding hydrogens is 157 g/mol. The summed E-state index contributed by atoms with van der Waals surface area (Å²) in [6, 6.07) is 3.04. The van der Waals surface area contributed by atoms with E-state index in [4.69, 9.17) is 5.73 Å². The minimum absolute atomic E-state index is 0.272. The van der Waals surface area contributed by atoms with E-state index in [-0.39, 0.29) is 5.75 Å². The molecule has 0 amide bonds. The van der Waals surface area contributed by atoms with Crippen molar-refractivity contribution < 1.29 is 9.50 Å². The lowest BCUT2D eigenvalue weighted by Gasteiger charge is -2.04. The van der Waals surface area contributed by atoms with Crippen molar-refractivity contribution in [2.24, 2.45) is 5.73 Å². The molecule has 2 nitrogen and oxygen atoms in total. The quantitative estimate of drug-likeness (QED) is 0.701. The largest absolute Gasteiger partial charge is 0.505 e. The molecule has 3 N–H and O–H groups in total. The molecule has 1 rings (SSSR count). The normalized spacial score (nSPS) is 10.2. The monoisotopic (exact) mass is 169 g/mol. The fourth-order valence-corrected chi connectivity index (χ4v) is 1.15. The summed E-state index contributed by atoms with van der Waals surface area (Å²) in [5, 5.41) is 9.22. The van der Waals surface area contributed by atoms with Crippen LogP contribution in [0.15, 0.2) is 12.1 Å². The third kappa shape index (κ3) is 1.74. The van der Waals surface area contributed by atoms with E-state index in [1.165, 1.54) is 6.07 Å². The Morgan fingerprint density at radius 3 is 2.75 bits per heavy atom. The van der Waals surface area contributed by atoms with Crippen LogP contribution in [0.25, 0.3) is 0 Å². The second kappa shape index (κ2) is 3.54. The van der Waals surface area contributed by atoms with Crippen molar-refractivity contribution in [3.05, 3.63) is 29.1 Å². The van der Waals surface area contributed by atoms with Gasteiger partial charge in [-0.25, -0.2) is 4.39 Å². The van der Waals surface area contributed by atoms with Crippen LogP contribution in [0.4, 0.5) is 4.39 Å². The van der Waals surface area contributed by atoms with Crippen LogP contribution >= 0.6 is 0 Å². The third-order valence-electron chi connectivity index (χ3n) is 1.70. The Morgan fingerprint density at radius 1 is 1.50 bits per heavy atom. The smallest absolute Gasteiger partial charge is 0.165 e. The fourth-order valence-electron chi connectivity index (χ4n) is 1.15. The molecule has 0 unspecified atom stereocenters. The molecule has 0 atom stereocenters. The van der Waals surface area contributed by atoms with Crippen LogP contribution < -0.4 is 5.73 Å². The van der Waals surface area contributed by atoms with E-state index >= 15 is 0 Å². The van der Waals surface area contributed by atoms with Gasteiger partial charge in [-0.15, -0.1) is 0 Å². The molecular formula is C9H12FNO. The van der Waals surface area contributed by atoms with Gasteiger partial charge in [0.2, 0.25) is 0 Å². The molecule has 0 bridgehead atoms. The first-order chi connectivity index (χ1) is 5.65. The van der Waals surface area contributed by atoms with Crippen molar-refractivity contribution in [1.82, 2.24) is 0 Å². The predicted molar refractivity (Wildman–Crippen MR) is 45.6 cm³/mol. The summed E-state index contributed by atoms with van der Waals surface area (Å²) in [6.07, 6.45) is 0.504. The van der Waals surface area contributed by atoms with Crippen LogP contribution in [0, 0.1) is 12.7 Å².